The largest absolute Gasteiger partial charge is 0.371 e. The van der Waals surface area contributed by atoms with Gasteiger partial charge in [0.2, 0.25) is 5.91 Å². The monoisotopic (exact) mass is 478 g/mol. The number of nitrogens with one attached hydrogen (secondary N) is 1. The van der Waals surface area contributed by atoms with E-state index < -0.39 is 0 Å². The SMILES string of the molecule is O=C(c1ccc2[nH]nnc2c1)N1C[C@@H]2CN(C(=O)C3CCN(c4ccc(Cl)cc4)CC3)C[C@H]2C1. The van der Waals surface area contributed by atoms with Gasteiger partial charge in [0.1, 0.15) is 5.52 Å². The van der Waals surface area contributed by atoms with Gasteiger partial charge in [-0.1, -0.05) is 16.8 Å². The number of amides is 2. The molecule has 6 rings (SSSR count). The van der Waals surface area contributed by atoms with Crippen molar-refractivity contribution in [1.82, 2.24) is 25.2 Å². The van der Waals surface area contributed by atoms with Crippen LogP contribution < -0.4 is 4.90 Å². The van der Waals surface area contributed by atoms with Crippen LogP contribution in [0.4, 0.5) is 5.69 Å². The Morgan fingerprint density at radius 1 is 0.912 bits per heavy atom. The van der Waals surface area contributed by atoms with Crippen LogP contribution in [-0.4, -0.2) is 76.3 Å². The molecule has 0 spiro atoms. The lowest BCUT2D eigenvalue weighted by atomic mass is 9.95. The van der Waals surface area contributed by atoms with Crippen molar-refractivity contribution < 1.29 is 9.59 Å². The van der Waals surface area contributed by atoms with Crippen molar-refractivity contribution in [2.75, 3.05) is 44.2 Å². The molecular formula is C25H27ClN6O2. The van der Waals surface area contributed by atoms with Gasteiger partial charge in [0.15, 0.2) is 0 Å². The normalized spacial score (nSPS) is 23.0. The highest BCUT2D eigenvalue weighted by Gasteiger charge is 2.44. The first-order valence-electron chi connectivity index (χ1n) is 11.9. The topological polar surface area (TPSA) is 85.4 Å². The molecule has 3 saturated heterocycles. The quantitative estimate of drug-likeness (QED) is 0.625. The van der Waals surface area contributed by atoms with Crippen molar-refractivity contribution in [1.29, 1.82) is 0 Å². The number of aromatic amines is 1. The summed E-state index contributed by atoms with van der Waals surface area (Å²) in [4.78, 5) is 32.6. The molecule has 1 aromatic heterocycles. The maximum absolute atomic E-state index is 13.2. The molecule has 34 heavy (non-hydrogen) atoms. The minimum absolute atomic E-state index is 0.0340. The number of hydrogen-bond acceptors (Lipinski definition) is 5. The number of carbonyl (C=O) groups is 2. The molecule has 8 nitrogen and oxygen atoms in total. The fourth-order valence-corrected chi connectivity index (χ4v) is 5.92. The lowest BCUT2D eigenvalue weighted by Gasteiger charge is -2.35. The number of H-pyrrole nitrogens is 1. The maximum Gasteiger partial charge on any atom is 0.253 e. The molecule has 0 bridgehead atoms. The zero-order valence-electron chi connectivity index (χ0n) is 18.9. The molecule has 0 saturated carbocycles. The van der Waals surface area contributed by atoms with E-state index in [1.54, 1.807) is 6.07 Å². The van der Waals surface area contributed by atoms with E-state index in [4.69, 9.17) is 11.6 Å². The molecule has 2 atom stereocenters. The van der Waals surface area contributed by atoms with Crippen LogP contribution in [0.3, 0.4) is 0 Å². The van der Waals surface area contributed by atoms with Crippen molar-refractivity contribution in [2.45, 2.75) is 12.8 Å². The molecule has 3 aliphatic rings. The number of halogens is 1. The lowest BCUT2D eigenvalue weighted by Crippen LogP contribution is -2.43. The number of aromatic nitrogens is 3. The van der Waals surface area contributed by atoms with Gasteiger partial charge in [0.05, 0.1) is 5.52 Å². The number of nitrogens with zero attached hydrogens (tertiary/aromatic N) is 5. The van der Waals surface area contributed by atoms with Crippen LogP contribution in [0, 0.1) is 17.8 Å². The molecule has 2 amide bonds. The van der Waals surface area contributed by atoms with Crippen LogP contribution >= 0.6 is 11.6 Å². The van der Waals surface area contributed by atoms with Crippen molar-refractivity contribution in [2.24, 2.45) is 17.8 Å². The maximum atomic E-state index is 13.2. The van der Waals surface area contributed by atoms with Gasteiger partial charge in [-0.15, -0.1) is 5.10 Å². The van der Waals surface area contributed by atoms with E-state index in [2.05, 4.69) is 25.2 Å². The number of anilines is 1. The van der Waals surface area contributed by atoms with E-state index in [1.807, 2.05) is 41.3 Å². The Hall–Kier alpha value is -3.13. The van der Waals surface area contributed by atoms with Gasteiger partial charge in [0.25, 0.3) is 5.91 Å². The highest BCUT2D eigenvalue weighted by atomic mass is 35.5. The fraction of sp³-hybridized carbons (Fsp3) is 0.440. The molecule has 3 fully saturated rings. The Bertz CT molecular complexity index is 1210. The summed E-state index contributed by atoms with van der Waals surface area (Å²) < 4.78 is 0. The molecule has 3 aliphatic heterocycles. The smallest absolute Gasteiger partial charge is 0.253 e. The lowest BCUT2D eigenvalue weighted by molar-refractivity contribution is -0.135. The number of fused-ring (bicyclic) bond motifs is 2. The number of piperidine rings is 1. The molecule has 1 N–H and O–H groups in total. The molecule has 9 heteroatoms. The van der Waals surface area contributed by atoms with E-state index in [0.29, 0.717) is 41.9 Å². The van der Waals surface area contributed by atoms with Gasteiger partial charge < -0.3 is 14.7 Å². The van der Waals surface area contributed by atoms with Crippen molar-refractivity contribution >= 4 is 40.1 Å². The third-order valence-electron chi connectivity index (χ3n) is 7.69. The molecule has 4 heterocycles. The predicted octanol–water partition coefficient (Wildman–Crippen LogP) is 3.06. The highest BCUT2D eigenvalue weighted by Crippen LogP contribution is 2.34. The Morgan fingerprint density at radius 2 is 1.59 bits per heavy atom. The zero-order valence-corrected chi connectivity index (χ0v) is 19.6. The molecular weight excluding hydrogens is 452 g/mol. The second-order valence-corrected chi connectivity index (χ2v) is 10.2. The first-order valence-corrected chi connectivity index (χ1v) is 12.3. The van der Waals surface area contributed by atoms with E-state index in [1.165, 1.54) is 5.69 Å². The van der Waals surface area contributed by atoms with Gasteiger partial charge in [-0.2, -0.15) is 0 Å². The van der Waals surface area contributed by atoms with Crippen molar-refractivity contribution in [3.8, 4) is 0 Å². The standard InChI is InChI=1S/C25H27ClN6O2/c26-20-2-4-21(5-3-20)30-9-7-16(8-10-30)24(33)31-12-18-14-32(15-19(18)13-31)25(34)17-1-6-22-23(11-17)28-29-27-22/h1-6,11,16,18-19H,7-10,12-15H2,(H,27,28,29)/t18-,19-/m0/s1. The zero-order chi connectivity index (χ0) is 23.2. The first kappa shape index (κ1) is 21.4. The molecule has 176 valence electrons. The number of carbonyl (C=O) groups excluding carboxylic acids is 2. The Labute approximate surface area is 202 Å². The summed E-state index contributed by atoms with van der Waals surface area (Å²) in [6.45, 7) is 4.70. The minimum Gasteiger partial charge on any atom is -0.371 e. The molecule has 2 aromatic carbocycles. The summed E-state index contributed by atoms with van der Waals surface area (Å²) in [6, 6.07) is 13.4. The van der Waals surface area contributed by atoms with Crippen LogP contribution in [0.1, 0.15) is 23.2 Å². The van der Waals surface area contributed by atoms with E-state index in [-0.39, 0.29) is 11.8 Å². The molecule has 3 aromatic rings. The van der Waals surface area contributed by atoms with Crippen LogP contribution in [-0.2, 0) is 4.79 Å². The van der Waals surface area contributed by atoms with Gasteiger partial charge in [-0.3, -0.25) is 14.7 Å². The van der Waals surface area contributed by atoms with E-state index in [0.717, 1.165) is 49.6 Å². The van der Waals surface area contributed by atoms with Crippen LogP contribution in [0.2, 0.25) is 5.02 Å². The summed E-state index contributed by atoms with van der Waals surface area (Å²) in [5.41, 5.74) is 3.33. The number of rotatable bonds is 3. The van der Waals surface area contributed by atoms with Crippen molar-refractivity contribution in [3.63, 3.8) is 0 Å². The molecule has 0 unspecified atom stereocenters. The van der Waals surface area contributed by atoms with Gasteiger partial charge in [-0.25, -0.2) is 0 Å². The fourth-order valence-electron chi connectivity index (χ4n) is 5.79. The van der Waals surface area contributed by atoms with Gasteiger partial charge in [0, 0.05) is 73.3 Å². The number of hydrogen-bond donors (Lipinski definition) is 1. The Kier molecular flexibility index (Phi) is 5.40. The average Bonchev–Trinajstić information content (AvgIpc) is 3.58. The summed E-state index contributed by atoms with van der Waals surface area (Å²) in [5.74, 6) is 1.14. The molecule has 0 aliphatic carbocycles. The van der Waals surface area contributed by atoms with Crippen LogP contribution in [0.15, 0.2) is 42.5 Å². The molecule has 0 radical (unpaired) electrons. The first-order chi connectivity index (χ1) is 16.5. The Balaban J connectivity index is 1.03. The second kappa shape index (κ2) is 8.58. The van der Waals surface area contributed by atoms with Gasteiger partial charge in [-0.05, 0) is 55.3 Å². The predicted molar refractivity (Wildman–Crippen MR) is 130 cm³/mol. The third-order valence-corrected chi connectivity index (χ3v) is 7.95. The second-order valence-electron chi connectivity index (χ2n) is 9.75. The summed E-state index contributed by atoms with van der Waals surface area (Å²) in [7, 11) is 0. The van der Waals surface area contributed by atoms with E-state index >= 15 is 0 Å². The highest BCUT2D eigenvalue weighted by molar-refractivity contribution is 6.30. The number of likely N-dealkylation sites (tertiary alicyclic amines) is 2. The van der Waals surface area contributed by atoms with Crippen LogP contribution in [0.25, 0.3) is 11.0 Å². The summed E-state index contributed by atoms with van der Waals surface area (Å²) >= 11 is 6.01. The summed E-state index contributed by atoms with van der Waals surface area (Å²) in [5, 5.41) is 11.4. The minimum atomic E-state index is 0.0340. The van der Waals surface area contributed by atoms with Crippen LogP contribution in [0.5, 0.6) is 0 Å². The van der Waals surface area contributed by atoms with Crippen molar-refractivity contribution in [3.05, 3.63) is 53.1 Å². The number of benzene rings is 2. The van der Waals surface area contributed by atoms with Gasteiger partial charge >= 0.3 is 0 Å². The van der Waals surface area contributed by atoms with E-state index in [9.17, 15) is 9.59 Å². The Morgan fingerprint density at radius 3 is 2.29 bits per heavy atom. The average molecular weight is 479 g/mol. The third kappa shape index (κ3) is 3.90. The summed E-state index contributed by atoms with van der Waals surface area (Å²) in [6.07, 6.45) is 1.75.